The van der Waals surface area contributed by atoms with Crippen molar-refractivity contribution in [2.24, 2.45) is 0 Å². The lowest BCUT2D eigenvalue weighted by Gasteiger charge is -2.33. The molecule has 0 radical (unpaired) electrons. The van der Waals surface area contributed by atoms with Crippen LogP contribution in [0.1, 0.15) is 48.8 Å². The lowest BCUT2D eigenvalue weighted by Crippen LogP contribution is -2.53. The Labute approximate surface area is 251 Å². The van der Waals surface area contributed by atoms with Gasteiger partial charge in [0.15, 0.2) is 0 Å². The van der Waals surface area contributed by atoms with Gasteiger partial charge in [-0.2, -0.15) is 0 Å². The van der Waals surface area contributed by atoms with Crippen molar-refractivity contribution in [1.29, 1.82) is 0 Å². The van der Waals surface area contributed by atoms with E-state index in [1.165, 1.54) is 18.2 Å². The first-order valence-electron chi connectivity index (χ1n) is 13.7. The first-order chi connectivity index (χ1) is 19.4. The summed E-state index contributed by atoms with van der Waals surface area (Å²) in [6, 6.07) is 22.4. The van der Waals surface area contributed by atoms with Gasteiger partial charge in [0, 0.05) is 34.8 Å². The van der Waals surface area contributed by atoms with E-state index >= 15 is 0 Å². The number of benzene rings is 3. The molecule has 1 aliphatic carbocycles. The van der Waals surface area contributed by atoms with Gasteiger partial charge in [0.25, 0.3) is 0 Å². The largest absolute Gasteiger partial charge is 0.497 e. The van der Waals surface area contributed by atoms with Crippen LogP contribution in [0.5, 0.6) is 5.75 Å². The fourth-order valence-electron chi connectivity index (χ4n) is 4.99. The zero-order valence-electron chi connectivity index (χ0n) is 22.8. The van der Waals surface area contributed by atoms with Crippen molar-refractivity contribution in [3.8, 4) is 5.75 Å². The van der Waals surface area contributed by atoms with Crippen LogP contribution in [0.3, 0.4) is 0 Å². The van der Waals surface area contributed by atoms with Crippen LogP contribution >= 0.6 is 35.0 Å². The zero-order chi connectivity index (χ0) is 28.3. The normalized spacial score (nSPS) is 14.4. The summed E-state index contributed by atoms with van der Waals surface area (Å²) in [6.45, 7) is 0.216. The highest BCUT2D eigenvalue weighted by Crippen LogP contribution is 2.26. The molecule has 40 heavy (non-hydrogen) atoms. The SMILES string of the molecule is COc1ccc(CSCC(=O)N(Cc2ccc(Cl)cc2Cl)[C@H](Cc2ccccc2)C(=O)NC2CCCCC2)cc1. The van der Waals surface area contributed by atoms with Crippen molar-refractivity contribution in [1.82, 2.24) is 10.2 Å². The molecule has 1 atom stereocenters. The predicted octanol–water partition coefficient (Wildman–Crippen LogP) is 7.32. The van der Waals surface area contributed by atoms with Gasteiger partial charge in [0.1, 0.15) is 11.8 Å². The Bertz CT molecular complexity index is 1250. The molecule has 1 fully saturated rings. The Kier molecular flexibility index (Phi) is 11.6. The molecule has 0 unspecified atom stereocenters. The number of carbonyl (C=O) groups is 2. The van der Waals surface area contributed by atoms with Crippen LogP contribution in [0, 0.1) is 0 Å². The van der Waals surface area contributed by atoms with Crippen molar-refractivity contribution < 1.29 is 14.3 Å². The van der Waals surface area contributed by atoms with Gasteiger partial charge in [0.2, 0.25) is 11.8 Å². The average Bonchev–Trinajstić information content (AvgIpc) is 2.97. The van der Waals surface area contributed by atoms with Crippen molar-refractivity contribution in [2.75, 3.05) is 12.9 Å². The number of hydrogen-bond donors (Lipinski definition) is 1. The molecule has 0 saturated heterocycles. The fraction of sp³-hybridized carbons (Fsp3) is 0.375. The quantitative estimate of drug-likeness (QED) is 0.237. The smallest absolute Gasteiger partial charge is 0.243 e. The first kappa shape index (κ1) is 30.3. The number of nitrogens with zero attached hydrogens (tertiary/aromatic N) is 1. The minimum atomic E-state index is -0.676. The maximum Gasteiger partial charge on any atom is 0.243 e. The van der Waals surface area contributed by atoms with Gasteiger partial charge in [-0.3, -0.25) is 9.59 Å². The second-order valence-electron chi connectivity index (χ2n) is 10.1. The highest BCUT2D eigenvalue weighted by Gasteiger charge is 2.32. The monoisotopic (exact) mass is 598 g/mol. The summed E-state index contributed by atoms with van der Waals surface area (Å²) in [7, 11) is 1.64. The Morgan fingerprint density at radius 3 is 2.38 bits per heavy atom. The van der Waals surface area contributed by atoms with E-state index in [1.807, 2.05) is 60.7 Å². The summed E-state index contributed by atoms with van der Waals surface area (Å²) in [5.74, 6) is 1.48. The van der Waals surface area contributed by atoms with Crippen molar-refractivity contribution in [3.63, 3.8) is 0 Å². The molecule has 1 N–H and O–H groups in total. The van der Waals surface area contributed by atoms with Crippen molar-refractivity contribution in [3.05, 3.63) is 99.5 Å². The van der Waals surface area contributed by atoms with E-state index in [1.54, 1.807) is 24.1 Å². The predicted molar refractivity (Wildman–Crippen MR) is 165 cm³/mol. The molecule has 3 aromatic carbocycles. The molecule has 1 aliphatic rings. The van der Waals surface area contributed by atoms with E-state index in [-0.39, 0.29) is 30.2 Å². The molecule has 5 nitrogen and oxygen atoms in total. The number of halogens is 2. The van der Waals surface area contributed by atoms with Gasteiger partial charge in [-0.05, 0) is 53.8 Å². The van der Waals surface area contributed by atoms with E-state index in [0.29, 0.717) is 22.2 Å². The highest BCUT2D eigenvalue weighted by atomic mass is 35.5. The Morgan fingerprint density at radius 1 is 0.975 bits per heavy atom. The molecule has 8 heteroatoms. The summed E-state index contributed by atoms with van der Waals surface area (Å²) in [5.41, 5.74) is 2.85. The fourth-order valence-corrected chi connectivity index (χ4v) is 6.33. The Morgan fingerprint density at radius 2 is 1.70 bits per heavy atom. The van der Waals surface area contributed by atoms with Crippen molar-refractivity contribution in [2.45, 2.75) is 62.9 Å². The van der Waals surface area contributed by atoms with E-state index in [9.17, 15) is 9.59 Å². The minimum Gasteiger partial charge on any atom is -0.497 e. The number of amides is 2. The molecule has 2 amide bonds. The highest BCUT2D eigenvalue weighted by molar-refractivity contribution is 7.99. The standard InChI is InChI=1S/C32H36Cl2N2O3S/c1-39-28-16-12-24(13-17-28)21-40-22-31(37)36(20-25-14-15-26(33)19-29(25)34)30(18-23-8-4-2-5-9-23)32(38)35-27-10-6-3-7-11-27/h2,4-5,8-9,12-17,19,27,30H,3,6-7,10-11,18,20-22H2,1H3,(H,35,38)/t30-/m1/s1. The Balaban J connectivity index is 1.57. The maximum atomic E-state index is 13.9. The lowest BCUT2D eigenvalue weighted by molar-refractivity contribution is -0.139. The van der Waals surface area contributed by atoms with Crippen molar-refractivity contribution >= 4 is 46.8 Å². The van der Waals surface area contributed by atoms with Gasteiger partial charge in [-0.15, -0.1) is 11.8 Å². The summed E-state index contributed by atoms with van der Waals surface area (Å²) in [5, 5.41) is 4.27. The maximum absolute atomic E-state index is 13.9. The number of carbonyl (C=O) groups excluding carboxylic acids is 2. The summed E-state index contributed by atoms with van der Waals surface area (Å²) < 4.78 is 5.24. The van der Waals surface area contributed by atoms with E-state index in [4.69, 9.17) is 27.9 Å². The lowest BCUT2D eigenvalue weighted by atomic mass is 9.94. The molecule has 1 saturated carbocycles. The van der Waals surface area contributed by atoms with Crippen LogP contribution in [-0.4, -0.2) is 41.7 Å². The number of hydrogen-bond acceptors (Lipinski definition) is 4. The molecule has 0 aliphatic heterocycles. The average molecular weight is 600 g/mol. The topological polar surface area (TPSA) is 58.6 Å². The third-order valence-corrected chi connectivity index (χ3v) is 8.81. The van der Waals surface area contributed by atoms with E-state index in [2.05, 4.69) is 5.32 Å². The minimum absolute atomic E-state index is 0.107. The van der Waals surface area contributed by atoms with Crippen LogP contribution in [0.4, 0.5) is 0 Å². The second kappa shape index (κ2) is 15.4. The van der Waals surface area contributed by atoms with Crippen LogP contribution < -0.4 is 10.1 Å². The number of methoxy groups -OCH3 is 1. The van der Waals surface area contributed by atoms with Crippen LogP contribution in [0.15, 0.2) is 72.8 Å². The number of nitrogens with one attached hydrogen (secondary N) is 1. The summed E-state index contributed by atoms with van der Waals surface area (Å²) >= 11 is 14.2. The number of rotatable bonds is 12. The molecule has 4 rings (SSSR count). The molecule has 212 valence electrons. The summed E-state index contributed by atoms with van der Waals surface area (Å²) in [4.78, 5) is 29.4. The molecular formula is C32H36Cl2N2O3S. The third kappa shape index (κ3) is 8.92. The number of thioether (sulfide) groups is 1. The van der Waals surface area contributed by atoms with Gasteiger partial charge in [-0.25, -0.2) is 0 Å². The second-order valence-corrected chi connectivity index (χ2v) is 12.0. The van der Waals surface area contributed by atoms with E-state index in [0.717, 1.165) is 48.1 Å². The molecule has 0 spiro atoms. The number of ether oxygens (including phenoxy) is 1. The summed E-state index contributed by atoms with van der Waals surface area (Å²) in [6.07, 6.45) is 5.78. The first-order valence-corrected chi connectivity index (χ1v) is 15.6. The molecule has 0 heterocycles. The molecular weight excluding hydrogens is 563 g/mol. The van der Waals surface area contributed by atoms with Gasteiger partial charge in [0.05, 0.1) is 12.9 Å². The molecule has 0 aromatic heterocycles. The van der Waals surface area contributed by atoms with Gasteiger partial charge < -0.3 is 15.0 Å². The third-order valence-electron chi connectivity index (χ3n) is 7.23. The van der Waals surface area contributed by atoms with E-state index < -0.39 is 6.04 Å². The van der Waals surface area contributed by atoms with Crippen LogP contribution in [-0.2, 0) is 28.3 Å². The zero-order valence-corrected chi connectivity index (χ0v) is 25.1. The van der Waals surface area contributed by atoms with Gasteiger partial charge in [-0.1, -0.05) is 91.0 Å². The Hall–Kier alpha value is -2.67. The van der Waals surface area contributed by atoms with Crippen LogP contribution in [0.2, 0.25) is 10.0 Å². The van der Waals surface area contributed by atoms with Gasteiger partial charge >= 0.3 is 0 Å². The van der Waals surface area contributed by atoms with Crippen LogP contribution in [0.25, 0.3) is 0 Å². The molecule has 0 bridgehead atoms. The molecule has 3 aromatic rings.